The summed E-state index contributed by atoms with van der Waals surface area (Å²) in [5.41, 5.74) is 2.49. The fraction of sp³-hybridized carbons (Fsp3) is 0.450. The summed E-state index contributed by atoms with van der Waals surface area (Å²) in [5.74, 6) is 1.10. The maximum Gasteiger partial charge on any atom is 0.228 e. The SMILES string of the molecule is CCc1nnc(N2CCC(C(=O)Nc3ccc(Br)cn3)CC2)c(C#N)c1CC. The summed E-state index contributed by atoms with van der Waals surface area (Å²) in [6.45, 7) is 5.40. The molecule has 28 heavy (non-hydrogen) atoms. The number of hydrogen-bond acceptors (Lipinski definition) is 6. The first-order chi connectivity index (χ1) is 13.6. The Morgan fingerprint density at radius 1 is 1.29 bits per heavy atom. The van der Waals surface area contributed by atoms with Crippen LogP contribution in [0.5, 0.6) is 0 Å². The quantitative estimate of drug-likeness (QED) is 0.761. The third kappa shape index (κ3) is 4.30. The second kappa shape index (κ2) is 9.11. The van der Waals surface area contributed by atoms with E-state index in [2.05, 4.69) is 47.4 Å². The largest absolute Gasteiger partial charge is 0.354 e. The van der Waals surface area contributed by atoms with E-state index in [-0.39, 0.29) is 11.8 Å². The number of aromatic nitrogens is 3. The summed E-state index contributed by atoms with van der Waals surface area (Å²) >= 11 is 3.33. The van der Waals surface area contributed by atoms with E-state index in [9.17, 15) is 10.1 Å². The third-order valence-electron chi connectivity index (χ3n) is 5.08. The minimum absolute atomic E-state index is 0.0170. The number of nitrogens with zero attached hydrogens (tertiary/aromatic N) is 5. The lowest BCUT2D eigenvalue weighted by Gasteiger charge is -2.32. The van der Waals surface area contributed by atoms with Crippen molar-refractivity contribution in [1.82, 2.24) is 15.2 Å². The number of piperidine rings is 1. The van der Waals surface area contributed by atoms with E-state index >= 15 is 0 Å². The summed E-state index contributed by atoms with van der Waals surface area (Å²) in [4.78, 5) is 18.8. The molecule has 0 spiro atoms. The Labute approximate surface area is 173 Å². The number of nitrogens with one attached hydrogen (secondary N) is 1. The van der Waals surface area contributed by atoms with Crippen LogP contribution in [0.4, 0.5) is 11.6 Å². The van der Waals surface area contributed by atoms with Crippen molar-refractivity contribution in [2.24, 2.45) is 5.92 Å². The standard InChI is InChI=1S/C20H23BrN6O/c1-3-15-16(11-22)19(26-25-17(15)4-2)27-9-7-13(8-10-27)20(28)24-18-6-5-14(21)12-23-18/h5-6,12-13H,3-4,7-10H2,1-2H3,(H,23,24,28). The Hall–Kier alpha value is -2.53. The molecule has 1 aliphatic rings. The molecule has 8 heteroatoms. The molecule has 7 nitrogen and oxygen atoms in total. The Balaban J connectivity index is 1.68. The Kier molecular flexibility index (Phi) is 6.57. The highest BCUT2D eigenvalue weighted by Gasteiger charge is 2.28. The van der Waals surface area contributed by atoms with Crippen LogP contribution in [0.1, 0.15) is 43.5 Å². The van der Waals surface area contributed by atoms with E-state index in [1.165, 1.54) is 0 Å². The highest BCUT2D eigenvalue weighted by atomic mass is 79.9. The molecule has 0 aromatic carbocycles. The number of amides is 1. The van der Waals surface area contributed by atoms with Crippen LogP contribution in [0.3, 0.4) is 0 Å². The molecule has 1 fully saturated rings. The van der Waals surface area contributed by atoms with Gasteiger partial charge in [0.15, 0.2) is 5.82 Å². The van der Waals surface area contributed by atoms with Gasteiger partial charge < -0.3 is 10.2 Å². The molecule has 0 aliphatic carbocycles. The van der Waals surface area contributed by atoms with Crippen LogP contribution >= 0.6 is 15.9 Å². The minimum atomic E-state index is -0.0826. The number of rotatable bonds is 5. The van der Waals surface area contributed by atoms with Crippen molar-refractivity contribution in [3.63, 3.8) is 0 Å². The van der Waals surface area contributed by atoms with Gasteiger partial charge in [-0.1, -0.05) is 13.8 Å². The molecule has 0 unspecified atom stereocenters. The number of halogens is 1. The highest BCUT2D eigenvalue weighted by molar-refractivity contribution is 9.10. The van der Waals surface area contributed by atoms with Crippen molar-refractivity contribution in [1.29, 1.82) is 5.26 Å². The van der Waals surface area contributed by atoms with Crippen LogP contribution in [0.15, 0.2) is 22.8 Å². The Morgan fingerprint density at radius 3 is 2.61 bits per heavy atom. The van der Waals surface area contributed by atoms with E-state index < -0.39 is 0 Å². The zero-order chi connectivity index (χ0) is 20.1. The number of pyridine rings is 1. The third-order valence-corrected chi connectivity index (χ3v) is 5.55. The van der Waals surface area contributed by atoms with Gasteiger partial charge in [-0.15, -0.1) is 5.10 Å². The minimum Gasteiger partial charge on any atom is -0.354 e. The van der Waals surface area contributed by atoms with E-state index in [1.807, 2.05) is 19.9 Å². The van der Waals surface area contributed by atoms with Gasteiger partial charge in [-0.2, -0.15) is 10.4 Å². The van der Waals surface area contributed by atoms with Crippen molar-refractivity contribution < 1.29 is 4.79 Å². The fourth-order valence-electron chi connectivity index (χ4n) is 3.53. The maximum atomic E-state index is 12.5. The maximum absolute atomic E-state index is 12.5. The average Bonchev–Trinajstić information content (AvgIpc) is 2.74. The molecule has 0 radical (unpaired) electrons. The van der Waals surface area contributed by atoms with Crippen molar-refractivity contribution in [3.05, 3.63) is 39.6 Å². The number of carbonyl (C=O) groups is 1. The number of carbonyl (C=O) groups excluding carboxylic acids is 1. The molecule has 1 aliphatic heterocycles. The summed E-state index contributed by atoms with van der Waals surface area (Å²) in [5, 5.41) is 21.2. The lowest BCUT2D eigenvalue weighted by Crippen LogP contribution is -2.39. The zero-order valence-corrected chi connectivity index (χ0v) is 17.7. The van der Waals surface area contributed by atoms with Gasteiger partial charge in [0.05, 0.1) is 5.69 Å². The lowest BCUT2D eigenvalue weighted by atomic mass is 9.95. The molecule has 2 aromatic rings. The van der Waals surface area contributed by atoms with Gasteiger partial charge in [0, 0.05) is 29.7 Å². The average molecular weight is 443 g/mol. The van der Waals surface area contributed by atoms with E-state index in [0.717, 1.165) is 28.6 Å². The van der Waals surface area contributed by atoms with Crippen molar-refractivity contribution in [2.45, 2.75) is 39.5 Å². The number of anilines is 2. The molecule has 0 bridgehead atoms. The Morgan fingerprint density at radius 2 is 2.04 bits per heavy atom. The van der Waals surface area contributed by atoms with E-state index in [0.29, 0.717) is 43.1 Å². The molecule has 146 valence electrons. The van der Waals surface area contributed by atoms with Crippen molar-refractivity contribution >= 4 is 33.5 Å². The lowest BCUT2D eigenvalue weighted by molar-refractivity contribution is -0.120. The Bertz CT molecular complexity index is 885. The van der Waals surface area contributed by atoms with Crippen LogP contribution in [-0.2, 0) is 17.6 Å². The fourth-order valence-corrected chi connectivity index (χ4v) is 3.77. The van der Waals surface area contributed by atoms with Gasteiger partial charge in [0.25, 0.3) is 0 Å². The van der Waals surface area contributed by atoms with Crippen LogP contribution in [0.25, 0.3) is 0 Å². The predicted octanol–water partition coefficient (Wildman–Crippen LogP) is 3.49. The zero-order valence-electron chi connectivity index (χ0n) is 16.1. The van der Waals surface area contributed by atoms with Gasteiger partial charge in [-0.3, -0.25) is 4.79 Å². The first-order valence-electron chi connectivity index (χ1n) is 9.53. The normalized spacial score (nSPS) is 14.6. The molecule has 0 saturated carbocycles. The van der Waals surface area contributed by atoms with Crippen molar-refractivity contribution in [2.75, 3.05) is 23.3 Å². The molecular formula is C20H23BrN6O. The summed E-state index contributed by atoms with van der Waals surface area (Å²) in [6.07, 6.45) is 4.58. The van der Waals surface area contributed by atoms with Crippen LogP contribution in [0, 0.1) is 17.2 Å². The smallest absolute Gasteiger partial charge is 0.228 e. The molecule has 1 N–H and O–H groups in total. The van der Waals surface area contributed by atoms with Crippen LogP contribution in [0.2, 0.25) is 0 Å². The number of nitriles is 1. The van der Waals surface area contributed by atoms with E-state index in [1.54, 1.807) is 12.3 Å². The monoisotopic (exact) mass is 442 g/mol. The van der Waals surface area contributed by atoms with Gasteiger partial charge >= 0.3 is 0 Å². The number of aryl methyl sites for hydroxylation is 1. The molecule has 1 amide bonds. The first kappa shape index (κ1) is 20.2. The summed E-state index contributed by atoms with van der Waals surface area (Å²) in [7, 11) is 0. The summed E-state index contributed by atoms with van der Waals surface area (Å²) in [6, 6.07) is 5.94. The molecule has 3 heterocycles. The second-order valence-electron chi connectivity index (χ2n) is 6.75. The van der Waals surface area contributed by atoms with Gasteiger partial charge in [-0.05, 0) is 59.3 Å². The summed E-state index contributed by atoms with van der Waals surface area (Å²) < 4.78 is 0.869. The van der Waals surface area contributed by atoms with Crippen LogP contribution < -0.4 is 10.2 Å². The van der Waals surface area contributed by atoms with Gasteiger partial charge in [0.1, 0.15) is 17.5 Å². The predicted molar refractivity (Wildman–Crippen MR) is 111 cm³/mol. The van der Waals surface area contributed by atoms with Crippen LogP contribution in [-0.4, -0.2) is 34.2 Å². The van der Waals surface area contributed by atoms with Crippen molar-refractivity contribution in [3.8, 4) is 6.07 Å². The topological polar surface area (TPSA) is 94.8 Å². The first-order valence-corrected chi connectivity index (χ1v) is 10.3. The molecular weight excluding hydrogens is 420 g/mol. The molecule has 2 aromatic heterocycles. The molecule has 3 rings (SSSR count). The molecule has 0 atom stereocenters. The number of hydrogen-bond donors (Lipinski definition) is 1. The molecule has 1 saturated heterocycles. The second-order valence-corrected chi connectivity index (χ2v) is 7.67. The highest BCUT2D eigenvalue weighted by Crippen LogP contribution is 2.28. The van der Waals surface area contributed by atoms with Gasteiger partial charge in [-0.25, -0.2) is 4.98 Å². The van der Waals surface area contributed by atoms with E-state index in [4.69, 9.17) is 0 Å². The van der Waals surface area contributed by atoms with Gasteiger partial charge in [0.2, 0.25) is 5.91 Å².